The molecule has 0 aliphatic heterocycles. The molecule has 0 saturated heterocycles. The van der Waals surface area contributed by atoms with Crippen molar-refractivity contribution >= 4 is 0 Å². The van der Waals surface area contributed by atoms with Crippen LogP contribution in [0.25, 0.3) is 0 Å². The summed E-state index contributed by atoms with van der Waals surface area (Å²) in [7, 11) is 4.26. The SMILES string of the molecule is CN(C)[C@@H]1C=CCC[C@]1(C)[C@H](O)C1CCCCC1. The fourth-order valence-corrected chi connectivity index (χ4v) is 4.06. The lowest BCUT2D eigenvalue weighted by Gasteiger charge is -2.48. The van der Waals surface area contributed by atoms with E-state index in [4.69, 9.17) is 0 Å². The Morgan fingerprint density at radius 1 is 1.22 bits per heavy atom. The van der Waals surface area contributed by atoms with E-state index in [1.807, 2.05) is 0 Å². The van der Waals surface area contributed by atoms with Crippen LogP contribution in [0.2, 0.25) is 0 Å². The van der Waals surface area contributed by atoms with Crippen LogP contribution < -0.4 is 0 Å². The molecular formula is C16H29NO. The van der Waals surface area contributed by atoms with Crippen molar-refractivity contribution in [2.45, 2.75) is 64.0 Å². The Hall–Kier alpha value is -0.340. The standard InChI is InChI=1S/C16H29NO/c1-16(12-8-7-11-14(16)17(2)3)15(18)13-9-5-4-6-10-13/h7,11,13-15,18H,4-6,8-10,12H2,1-3H3/t14-,15-,16+/m1/s1. The first kappa shape index (κ1) is 14.1. The van der Waals surface area contributed by atoms with Crippen molar-refractivity contribution in [1.29, 1.82) is 0 Å². The summed E-state index contributed by atoms with van der Waals surface area (Å²) in [5.41, 5.74) is 0.0280. The maximum absolute atomic E-state index is 10.9. The van der Waals surface area contributed by atoms with E-state index in [2.05, 4.69) is 38.1 Å². The molecule has 2 aliphatic rings. The van der Waals surface area contributed by atoms with Crippen LogP contribution in [0.5, 0.6) is 0 Å². The molecule has 1 N–H and O–H groups in total. The van der Waals surface area contributed by atoms with Gasteiger partial charge in [0.1, 0.15) is 0 Å². The van der Waals surface area contributed by atoms with Gasteiger partial charge >= 0.3 is 0 Å². The maximum atomic E-state index is 10.9. The molecule has 0 aromatic carbocycles. The second-order valence-electron chi connectivity index (χ2n) is 6.72. The van der Waals surface area contributed by atoms with Gasteiger partial charge in [0.25, 0.3) is 0 Å². The molecule has 18 heavy (non-hydrogen) atoms. The fraction of sp³-hybridized carbons (Fsp3) is 0.875. The third-order valence-electron chi connectivity index (χ3n) is 5.17. The smallest absolute Gasteiger partial charge is 0.0640 e. The van der Waals surface area contributed by atoms with Crippen molar-refractivity contribution in [2.24, 2.45) is 11.3 Å². The van der Waals surface area contributed by atoms with Gasteiger partial charge in [-0.15, -0.1) is 0 Å². The second-order valence-corrected chi connectivity index (χ2v) is 6.72. The first-order chi connectivity index (χ1) is 8.55. The average Bonchev–Trinajstić information content (AvgIpc) is 2.39. The summed E-state index contributed by atoms with van der Waals surface area (Å²) in [6.07, 6.45) is 13.1. The summed E-state index contributed by atoms with van der Waals surface area (Å²) in [5, 5.41) is 10.9. The van der Waals surface area contributed by atoms with Gasteiger partial charge in [-0.2, -0.15) is 0 Å². The number of allylic oxidation sites excluding steroid dienone is 1. The quantitative estimate of drug-likeness (QED) is 0.779. The predicted octanol–water partition coefficient (Wildman–Crippen LogP) is 3.21. The number of hydrogen-bond donors (Lipinski definition) is 1. The highest BCUT2D eigenvalue weighted by atomic mass is 16.3. The molecule has 0 aromatic heterocycles. The van der Waals surface area contributed by atoms with Crippen LogP contribution >= 0.6 is 0 Å². The Morgan fingerprint density at radius 3 is 2.50 bits per heavy atom. The van der Waals surface area contributed by atoms with Crippen molar-refractivity contribution in [2.75, 3.05) is 14.1 Å². The van der Waals surface area contributed by atoms with Crippen LogP contribution in [0.1, 0.15) is 51.9 Å². The highest BCUT2D eigenvalue weighted by Crippen LogP contribution is 2.43. The Bertz CT molecular complexity index is 293. The Kier molecular flexibility index (Phi) is 4.50. The molecule has 2 aliphatic carbocycles. The number of rotatable bonds is 3. The molecule has 2 heteroatoms. The first-order valence-electron chi connectivity index (χ1n) is 7.57. The predicted molar refractivity (Wildman–Crippen MR) is 76.5 cm³/mol. The molecule has 104 valence electrons. The third kappa shape index (κ3) is 2.65. The summed E-state index contributed by atoms with van der Waals surface area (Å²) in [6, 6.07) is 0.378. The molecule has 1 fully saturated rings. The summed E-state index contributed by atoms with van der Waals surface area (Å²) in [4.78, 5) is 2.27. The topological polar surface area (TPSA) is 23.5 Å². The Labute approximate surface area is 112 Å². The number of nitrogens with zero attached hydrogens (tertiary/aromatic N) is 1. The van der Waals surface area contributed by atoms with Gasteiger partial charge in [-0.3, -0.25) is 0 Å². The monoisotopic (exact) mass is 251 g/mol. The van der Waals surface area contributed by atoms with Gasteiger partial charge in [-0.05, 0) is 45.7 Å². The number of likely N-dealkylation sites (N-methyl/N-ethyl adjacent to an activating group) is 1. The van der Waals surface area contributed by atoms with E-state index in [-0.39, 0.29) is 11.5 Å². The summed E-state index contributed by atoms with van der Waals surface area (Å²) in [6.45, 7) is 2.29. The lowest BCUT2D eigenvalue weighted by molar-refractivity contribution is -0.0581. The van der Waals surface area contributed by atoms with Gasteiger partial charge < -0.3 is 10.0 Å². The van der Waals surface area contributed by atoms with Crippen LogP contribution in [0, 0.1) is 11.3 Å². The lowest BCUT2D eigenvalue weighted by Crippen LogP contribution is -2.52. The minimum absolute atomic E-state index is 0.0280. The Morgan fingerprint density at radius 2 is 1.89 bits per heavy atom. The minimum atomic E-state index is -0.143. The molecule has 0 unspecified atom stereocenters. The zero-order valence-electron chi connectivity index (χ0n) is 12.2. The van der Waals surface area contributed by atoms with Crippen LogP contribution in [0.4, 0.5) is 0 Å². The molecule has 0 aromatic rings. The number of aliphatic hydroxyl groups is 1. The highest BCUT2D eigenvalue weighted by Gasteiger charge is 2.44. The molecule has 0 spiro atoms. The van der Waals surface area contributed by atoms with Crippen molar-refractivity contribution in [1.82, 2.24) is 4.90 Å². The molecule has 2 rings (SSSR count). The van der Waals surface area contributed by atoms with Crippen molar-refractivity contribution in [3.8, 4) is 0 Å². The average molecular weight is 251 g/mol. The van der Waals surface area contributed by atoms with Gasteiger partial charge in [-0.25, -0.2) is 0 Å². The second kappa shape index (κ2) is 5.75. The van der Waals surface area contributed by atoms with Crippen LogP contribution in [-0.2, 0) is 0 Å². The number of hydrogen-bond acceptors (Lipinski definition) is 2. The number of aliphatic hydroxyl groups excluding tert-OH is 1. The molecule has 1 saturated carbocycles. The van der Waals surface area contributed by atoms with Crippen molar-refractivity contribution in [3.63, 3.8) is 0 Å². The van der Waals surface area contributed by atoms with E-state index in [0.717, 1.165) is 12.8 Å². The third-order valence-corrected chi connectivity index (χ3v) is 5.17. The van der Waals surface area contributed by atoms with E-state index < -0.39 is 0 Å². The largest absolute Gasteiger partial charge is 0.392 e. The Balaban J connectivity index is 2.14. The summed E-state index contributed by atoms with van der Waals surface area (Å²) >= 11 is 0. The van der Waals surface area contributed by atoms with E-state index in [0.29, 0.717) is 12.0 Å². The first-order valence-corrected chi connectivity index (χ1v) is 7.57. The van der Waals surface area contributed by atoms with Crippen molar-refractivity contribution < 1.29 is 5.11 Å². The molecule has 0 amide bonds. The van der Waals surface area contributed by atoms with Crippen LogP contribution in [0.15, 0.2) is 12.2 Å². The van der Waals surface area contributed by atoms with Gasteiger partial charge in [0, 0.05) is 11.5 Å². The molecule has 0 bridgehead atoms. The van der Waals surface area contributed by atoms with E-state index in [1.54, 1.807) is 0 Å². The van der Waals surface area contributed by atoms with Gasteiger partial charge in [0.2, 0.25) is 0 Å². The van der Waals surface area contributed by atoms with Gasteiger partial charge in [0.05, 0.1) is 6.10 Å². The van der Waals surface area contributed by atoms with E-state index in [1.165, 1.54) is 32.1 Å². The van der Waals surface area contributed by atoms with E-state index >= 15 is 0 Å². The zero-order valence-corrected chi connectivity index (χ0v) is 12.2. The molecule has 0 radical (unpaired) electrons. The summed E-state index contributed by atoms with van der Waals surface area (Å²) in [5.74, 6) is 0.526. The van der Waals surface area contributed by atoms with Gasteiger partial charge in [0.15, 0.2) is 0 Å². The molecular weight excluding hydrogens is 222 g/mol. The zero-order chi connectivity index (χ0) is 13.2. The molecule has 0 heterocycles. The van der Waals surface area contributed by atoms with Crippen molar-refractivity contribution in [3.05, 3.63) is 12.2 Å². The van der Waals surface area contributed by atoms with Gasteiger partial charge in [-0.1, -0.05) is 38.3 Å². The van der Waals surface area contributed by atoms with E-state index in [9.17, 15) is 5.11 Å². The van der Waals surface area contributed by atoms with Crippen LogP contribution in [-0.4, -0.2) is 36.2 Å². The summed E-state index contributed by atoms with van der Waals surface area (Å²) < 4.78 is 0. The minimum Gasteiger partial charge on any atom is -0.392 e. The normalized spacial score (nSPS) is 35.9. The fourth-order valence-electron chi connectivity index (χ4n) is 4.06. The molecule has 3 atom stereocenters. The van der Waals surface area contributed by atoms with Crippen LogP contribution in [0.3, 0.4) is 0 Å². The lowest BCUT2D eigenvalue weighted by atomic mass is 9.65. The highest BCUT2D eigenvalue weighted by molar-refractivity contribution is 5.10. The molecule has 2 nitrogen and oxygen atoms in total. The maximum Gasteiger partial charge on any atom is 0.0640 e.